The maximum atomic E-state index is 12.4. The van der Waals surface area contributed by atoms with Crippen molar-refractivity contribution in [3.8, 4) is 0 Å². The third-order valence-corrected chi connectivity index (χ3v) is 5.27. The van der Waals surface area contributed by atoms with Crippen LogP contribution < -0.4 is 0 Å². The molecule has 1 saturated heterocycles. The summed E-state index contributed by atoms with van der Waals surface area (Å²) >= 11 is 5.88. The topological polar surface area (TPSA) is 20.3 Å². The van der Waals surface area contributed by atoms with Crippen molar-refractivity contribution in [1.29, 1.82) is 0 Å². The maximum Gasteiger partial charge on any atom is 0.254 e. The van der Waals surface area contributed by atoms with Crippen LogP contribution in [0.15, 0.2) is 24.3 Å². The molecule has 2 nitrogen and oxygen atoms in total. The van der Waals surface area contributed by atoms with Gasteiger partial charge in [0.25, 0.3) is 5.91 Å². The van der Waals surface area contributed by atoms with Gasteiger partial charge in [0.05, 0.1) is 5.56 Å². The number of piperidine rings is 1. The van der Waals surface area contributed by atoms with Crippen LogP contribution in [0.1, 0.15) is 30.1 Å². The molecule has 0 bridgehead atoms. The fraction of sp³-hybridized carbons (Fsp3) is 0.500. The van der Waals surface area contributed by atoms with Crippen LogP contribution in [0.2, 0.25) is 0 Å². The van der Waals surface area contributed by atoms with Crippen LogP contribution in [0, 0.1) is 9.49 Å². The minimum atomic E-state index is 0.181. The first-order valence-electron chi connectivity index (χ1n) is 6.27. The van der Waals surface area contributed by atoms with Crippen molar-refractivity contribution in [2.45, 2.75) is 24.6 Å². The number of benzene rings is 1. The summed E-state index contributed by atoms with van der Waals surface area (Å²) in [5.74, 6) is 0.879. The molecular formula is C14H17BrINO. The van der Waals surface area contributed by atoms with Crippen LogP contribution in [0.5, 0.6) is 0 Å². The van der Waals surface area contributed by atoms with Gasteiger partial charge in [-0.15, -0.1) is 0 Å². The molecule has 1 aromatic rings. The highest BCUT2D eigenvalue weighted by Gasteiger charge is 2.26. The summed E-state index contributed by atoms with van der Waals surface area (Å²) in [6.07, 6.45) is 2.20. The second-order valence-corrected chi connectivity index (χ2v) is 7.39. The number of carbonyl (C=O) groups is 1. The summed E-state index contributed by atoms with van der Waals surface area (Å²) in [5.41, 5.74) is 0.837. The Morgan fingerprint density at radius 1 is 1.39 bits per heavy atom. The fourth-order valence-corrected chi connectivity index (χ4v) is 3.51. The van der Waals surface area contributed by atoms with Gasteiger partial charge in [-0.25, -0.2) is 0 Å². The Morgan fingerprint density at radius 3 is 2.56 bits per heavy atom. The summed E-state index contributed by atoms with van der Waals surface area (Å²) in [6, 6.07) is 7.81. The summed E-state index contributed by atoms with van der Waals surface area (Å²) in [6.45, 7) is 3.96. The van der Waals surface area contributed by atoms with Gasteiger partial charge in [0.1, 0.15) is 0 Å². The third-order valence-electron chi connectivity index (χ3n) is 3.58. The van der Waals surface area contributed by atoms with Gasteiger partial charge in [-0.3, -0.25) is 4.79 Å². The van der Waals surface area contributed by atoms with Crippen molar-refractivity contribution >= 4 is 44.4 Å². The molecule has 1 atom stereocenters. The smallest absolute Gasteiger partial charge is 0.254 e. The van der Waals surface area contributed by atoms with Gasteiger partial charge in [0.2, 0.25) is 0 Å². The SMILES string of the molecule is CC(Br)C1CCN(C(=O)c2ccccc2I)CC1. The number of amides is 1. The Kier molecular flexibility index (Phi) is 5.06. The predicted molar refractivity (Wildman–Crippen MR) is 86.2 cm³/mol. The molecular weight excluding hydrogens is 405 g/mol. The number of halogens is 2. The molecule has 18 heavy (non-hydrogen) atoms. The molecule has 1 aliphatic rings. The van der Waals surface area contributed by atoms with E-state index in [2.05, 4.69) is 45.4 Å². The quantitative estimate of drug-likeness (QED) is 0.523. The molecule has 0 spiro atoms. The molecule has 98 valence electrons. The van der Waals surface area contributed by atoms with Crippen LogP contribution in [-0.2, 0) is 0 Å². The molecule has 1 aromatic carbocycles. The normalized spacial score (nSPS) is 18.7. The molecule has 0 N–H and O–H groups in total. The second kappa shape index (κ2) is 6.37. The van der Waals surface area contributed by atoms with E-state index in [-0.39, 0.29) is 5.91 Å². The van der Waals surface area contributed by atoms with Gasteiger partial charge in [0, 0.05) is 21.5 Å². The summed E-state index contributed by atoms with van der Waals surface area (Å²) in [5, 5.41) is 0. The minimum absolute atomic E-state index is 0.181. The highest BCUT2D eigenvalue weighted by molar-refractivity contribution is 14.1. The van der Waals surface area contributed by atoms with Crippen molar-refractivity contribution in [3.63, 3.8) is 0 Å². The Labute approximate surface area is 130 Å². The van der Waals surface area contributed by atoms with Gasteiger partial charge < -0.3 is 4.90 Å². The summed E-state index contributed by atoms with van der Waals surface area (Å²) in [4.78, 5) is 14.9. The molecule has 1 aliphatic heterocycles. The number of likely N-dealkylation sites (tertiary alicyclic amines) is 1. The molecule has 0 aromatic heterocycles. The first-order chi connectivity index (χ1) is 8.59. The van der Waals surface area contributed by atoms with Crippen LogP contribution in [0.3, 0.4) is 0 Å². The van der Waals surface area contributed by atoms with E-state index in [0.717, 1.165) is 35.1 Å². The zero-order valence-corrected chi connectivity index (χ0v) is 14.1. The number of alkyl halides is 1. The maximum absolute atomic E-state index is 12.4. The molecule has 1 unspecified atom stereocenters. The zero-order valence-electron chi connectivity index (χ0n) is 10.4. The van der Waals surface area contributed by atoms with Crippen molar-refractivity contribution in [2.75, 3.05) is 13.1 Å². The first kappa shape index (κ1) is 14.3. The highest BCUT2D eigenvalue weighted by Crippen LogP contribution is 2.26. The molecule has 0 radical (unpaired) electrons. The zero-order chi connectivity index (χ0) is 13.1. The lowest BCUT2D eigenvalue weighted by atomic mass is 9.94. The van der Waals surface area contributed by atoms with E-state index >= 15 is 0 Å². The lowest BCUT2D eigenvalue weighted by Gasteiger charge is -2.33. The van der Waals surface area contributed by atoms with Gasteiger partial charge in [-0.05, 0) is 53.5 Å². The number of nitrogens with zero attached hydrogens (tertiary/aromatic N) is 1. The fourth-order valence-electron chi connectivity index (χ4n) is 2.37. The number of hydrogen-bond acceptors (Lipinski definition) is 1. The number of hydrogen-bond donors (Lipinski definition) is 0. The Balaban J connectivity index is 2.02. The Morgan fingerprint density at radius 2 is 2.00 bits per heavy atom. The first-order valence-corrected chi connectivity index (χ1v) is 8.27. The van der Waals surface area contributed by atoms with Crippen molar-refractivity contribution in [2.24, 2.45) is 5.92 Å². The largest absolute Gasteiger partial charge is 0.339 e. The summed E-state index contributed by atoms with van der Waals surface area (Å²) < 4.78 is 1.04. The van der Waals surface area contributed by atoms with Gasteiger partial charge in [-0.2, -0.15) is 0 Å². The Bertz CT molecular complexity index is 428. The molecule has 0 aliphatic carbocycles. The lowest BCUT2D eigenvalue weighted by molar-refractivity contribution is 0.0690. The van der Waals surface area contributed by atoms with E-state index in [1.165, 1.54) is 0 Å². The van der Waals surface area contributed by atoms with E-state index in [1.807, 2.05) is 29.2 Å². The standard InChI is InChI=1S/C14H17BrINO/c1-10(15)11-6-8-17(9-7-11)14(18)12-4-2-3-5-13(12)16/h2-5,10-11H,6-9H2,1H3. The Hall–Kier alpha value is -0.100. The molecule has 1 fully saturated rings. The third kappa shape index (κ3) is 3.26. The minimum Gasteiger partial charge on any atom is -0.339 e. The monoisotopic (exact) mass is 421 g/mol. The van der Waals surface area contributed by atoms with E-state index in [1.54, 1.807) is 0 Å². The van der Waals surface area contributed by atoms with Gasteiger partial charge in [-0.1, -0.05) is 35.0 Å². The van der Waals surface area contributed by atoms with Crippen LogP contribution in [-0.4, -0.2) is 28.7 Å². The molecule has 0 saturated carbocycles. The number of carbonyl (C=O) groups excluding carboxylic acids is 1. The molecule has 2 rings (SSSR count). The van der Waals surface area contributed by atoms with Crippen LogP contribution in [0.25, 0.3) is 0 Å². The van der Waals surface area contributed by atoms with Gasteiger partial charge >= 0.3 is 0 Å². The van der Waals surface area contributed by atoms with Crippen LogP contribution in [0.4, 0.5) is 0 Å². The van der Waals surface area contributed by atoms with Crippen LogP contribution >= 0.6 is 38.5 Å². The number of rotatable bonds is 2. The van der Waals surface area contributed by atoms with E-state index < -0.39 is 0 Å². The average Bonchev–Trinajstić information content (AvgIpc) is 2.38. The average molecular weight is 422 g/mol. The van der Waals surface area contributed by atoms with Crippen molar-refractivity contribution in [3.05, 3.63) is 33.4 Å². The predicted octanol–water partition coefficient (Wildman–Crippen LogP) is 3.93. The van der Waals surface area contributed by atoms with Gasteiger partial charge in [0.15, 0.2) is 0 Å². The lowest BCUT2D eigenvalue weighted by Crippen LogP contribution is -2.40. The molecule has 4 heteroatoms. The second-order valence-electron chi connectivity index (χ2n) is 4.79. The molecule has 1 amide bonds. The summed E-state index contributed by atoms with van der Waals surface area (Å²) in [7, 11) is 0. The van der Waals surface area contributed by atoms with E-state index in [4.69, 9.17) is 0 Å². The highest BCUT2D eigenvalue weighted by atomic mass is 127. The van der Waals surface area contributed by atoms with Crippen molar-refractivity contribution < 1.29 is 4.79 Å². The van der Waals surface area contributed by atoms with E-state index in [9.17, 15) is 4.79 Å². The van der Waals surface area contributed by atoms with E-state index in [0.29, 0.717) is 10.7 Å². The van der Waals surface area contributed by atoms with Crippen molar-refractivity contribution in [1.82, 2.24) is 4.90 Å². The molecule has 1 heterocycles.